The second kappa shape index (κ2) is 6.71. The van der Waals surface area contributed by atoms with E-state index in [4.69, 9.17) is 4.74 Å². The Balaban J connectivity index is 1.53. The largest absolute Gasteiger partial charge is 0.481 e. The number of hydrogen-bond donors (Lipinski definition) is 1. The molecule has 10 heteroatoms. The van der Waals surface area contributed by atoms with E-state index in [0.717, 1.165) is 0 Å². The standard InChI is InChI=1S/C18H18N4O6/c23-16(20-9-13-10-28-6-5-18(13,11-20)17(24)25)12-7-19-21(8-12)14-1-3-15(4-2-14)22(26)27/h1-4,7-8,13H,5-6,9-11H2,(H,24,25)/t13-,18+/m0/s1. The van der Waals surface area contributed by atoms with Crippen molar-refractivity contribution in [2.75, 3.05) is 26.3 Å². The summed E-state index contributed by atoms with van der Waals surface area (Å²) < 4.78 is 6.87. The summed E-state index contributed by atoms with van der Waals surface area (Å²) in [6, 6.07) is 5.81. The van der Waals surface area contributed by atoms with Gasteiger partial charge in [-0.15, -0.1) is 0 Å². The third-order valence-corrected chi connectivity index (χ3v) is 5.57. The van der Waals surface area contributed by atoms with E-state index in [1.54, 1.807) is 17.0 Å². The van der Waals surface area contributed by atoms with E-state index in [-0.39, 0.29) is 24.1 Å². The molecular formula is C18H18N4O6. The number of benzene rings is 1. The molecule has 3 heterocycles. The Morgan fingerprint density at radius 1 is 1.32 bits per heavy atom. The Kier molecular flexibility index (Phi) is 4.34. The van der Waals surface area contributed by atoms with Crippen molar-refractivity contribution in [1.29, 1.82) is 0 Å². The first kappa shape index (κ1) is 18.1. The fourth-order valence-corrected chi connectivity index (χ4v) is 3.94. The van der Waals surface area contributed by atoms with Gasteiger partial charge < -0.3 is 14.7 Å². The van der Waals surface area contributed by atoms with Crippen molar-refractivity contribution >= 4 is 17.6 Å². The van der Waals surface area contributed by atoms with Gasteiger partial charge in [-0.05, 0) is 18.6 Å². The molecule has 0 spiro atoms. The van der Waals surface area contributed by atoms with Gasteiger partial charge in [0.2, 0.25) is 0 Å². The van der Waals surface area contributed by atoms with Gasteiger partial charge in [0.25, 0.3) is 11.6 Å². The van der Waals surface area contributed by atoms with E-state index in [1.807, 2.05) is 0 Å². The normalized spacial score (nSPS) is 24.0. The van der Waals surface area contributed by atoms with Crippen LogP contribution in [0.2, 0.25) is 0 Å². The molecule has 1 aromatic carbocycles. The number of aromatic nitrogens is 2. The molecule has 1 N–H and O–H groups in total. The van der Waals surface area contributed by atoms with Crippen LogP contribution in [0.25, 0.3) is 5.69 Å². The smallest absolute Gasteiger partial charge is 0.311 e. The molecule has 2 aromatic rings. The fraction of sp³-hybridized carbons (Fsp3) is 0.389. The Labute approximate surface area is 159 Å². The van der Waals surface area contributed by atoms with E-state index in [0.29, 0.717) is 37.4 Å². The van der Waals surface area contributed by atoms with Gasteiger partial charge in [-0.25, -0.2) is 4.68 Å². The van der Waals surface area contributed by atoms with Gasteiger partial charge in [0.15, 0.2) is 0 Å². The van der Waals surface area contributed by atoms with E-state index in [1.165, 1.54) is 29.2 Å². The van der Waals surface area contributed by atoms with Gasteiger partial charge >= 0.3 is 5.97 Å². The van der Waals surface area contributed by atoms with Crippen molar-refractivity contribution in [2.45, 2.75) is 6.42 Å². The molecule has 0 radical (unpaired) electrons. The van der Waals surface area contributed by atoms with Crippen molar-refractivity contribution in [2.24, 2.45) is 11.3 Å². The Morgan fingerprint density at radius 2 is 2.07 bits per heavy atom. The molecule has 10 nitrogen and oxygen atoms in total. The molecule has 2 aliphatic heterocycles. The number of carboxylic acid groups (broad SMARTS) is 1. The number of nitro groups is 1. The Hall–Kier alpha value is -3.27. The lowest BCUT2D eigenvalue weighted by Gasteiger charge is -2.33. The molecule has 146 valence electrons. The summed E-state index contributed by atoms with van der Waals surface area (Å²) in [5.41, 5.74) is -0.0795. The lowest BCUT2D eigenvalue weighted by molar-refractivity contribution is -0.384. The molecular weight excluding hydrogens is 368 g/mol. The minimum atomic E-state index is -0.956. The molecule has 2 fully saturated rings. The van der Waals surface area contributed by atoms with Gasteiger partial charge in [-0.1, -0.05) is 0 Å². The number of carboxylic acids is 1. The van der Waals surface area contributed by atoms with Crippen molar-refractivity contribution in [3.8, 4) is 5.69 Å². The molecule has 0 bridgehead atoms. The van der Waals surface area contributed by atoms with Crippen LogP contribution in [0.5, 0.6) is 0 Å². The van der Waals surface area contributed by atoms with Crippen LogP contribution in [0.15, 0.2) is 36.7 Å². The number of nitro benzene ring substituents is 1. The third kappa shape index (κ3) is 2.91. The minimum Gasteiger partial charge on any atom is -0.481 e. The van der Waals surface area contributed by atoms with Crippen LogP contribution < -0.4 is 0 Å². The average Bonchev–Trinajstić information content (AvgIpc) is 3.33. The SMILES string of the molecule is O=C(c1cnn(-c2ccc([N+](=O)[O-])cc2)c1)N1C[C@H]2COCC[C@@]2(C(=O)O)C1. The van der Waals surface area contributed by atoms with Crippen LogP contribution in [-0.2, 0) is 9.53 Å². The quantitative estimate of drug-likeness (QED) is 0.620. The maximum atomic E-state index is 12.9. The van der Waals surface area contributed by atoms with E-state index in [9.17, 15) is 24.8 Å². The second-order valence-electron chi connectivity index (χ2n) is 7.12. The number of likely N-dealkylation sites (tertiary alicyclic amines) is 1. The highest BCUT2D eigenvalue weighted by Gasteiger charge is 2.55. The van der Waals surface area contributed by atoms with Gasteiger partial charge in [-0.2, -0.15) is 5.10 Å². The molecule has 2 atom stereocenters. The molecule has 0 saturated carbocycles. The first-order valence-electron chi connectivity index (χ1n) is 8.81. The summed E-state index contributed by atoms with van der Waals surface area (Å²) >= 11 is 0. The number of carbonyl (C=O) groups is 2. The number of ether oxygens (including phenoxy) is 1. The van der Waals surface area contributed by atoms with Gasteiger partial charge in [-0.3, -0.25) is 19.7 Å². The van der Waals surface area contributed by atoms with Crippen LogP contribution in [0.3, 0.4) is 0 Å². The van der Waals surface area contributed by atoms with E-state index < -0.39 is 16.3 Å². The van der Waals surface area contributed by atoms with Crippen LogP contribution in [-0.4, -0.2) is 62.9 Å². The highest BCUT2D eigenvalue weighted by atomic mass is 16.6. The monoisotopic (exact) mass is 386 g/mol. The first-order valence-corrected chi connectivity index (χ1v) is 8.81. The molecule has 2 aliphatic rings. The first-order chi connectivity index (χ1) is 13.4. The predicted octanol–water partition coefficient (Wildman–Crippen LogP) is 1.34. The lowest BCUT2D eigenvalue weighted by Crippen LogP contribution is -2.45. The molecule has 1 aromatic heterocycles. The van der Waals surface area contributed by atoms with Gasteiger partial charge in [0, 0.05) is 43.9 Å². The van der Waals surface area contributed by atoms with Crippen LogP contribution in [0.1, 0.15) is 16.8 Å². The lowest BCUT2D eigenvalue weighted by atomic mass is 9.74. The Morgan fingerprint density at radius 3 is 2.71 bits per heavy atom. The number of aliphatic carboxylic acids is 1. The molecule has 1 amide bonds. The zero-order valence-electron chi connectivity index (χ0n) is 14.9. The van der Waals surface area contributed by atoms with Crippen LogP contribution in [0, 0.1) is 21.4 Å². The average molecular weight is 386 g/mol. The zero-order chi connectivity index (χ0) is 19.9. The molecule has 28 heavy (non-hydrogen) atoms. The van der Waals surface area contributed by atoms with E-state index >= 15 is 0 Å². The number of fused-ring (bicyclic) bond motifs is 1. The van der Waals surface area contributed by atoms with Crippen molar-refractivity contribution in [3.05, 3.63) is 52.3 Å². The number of hydrogen-bond acceptors (Lipinski definition) is 6. The van der Waals surface area contributed by atoms with Crippen molar-refractivity contribution in [3.63, 3.8) is 0 Å². The highest BCUT2D eigenvalue weighted by Crippen LogP contribution is 2.42. The van der Waals surface area contributed by atoms with Gasteiger partial charge in [0.05, 0.1) is 34.4 Å². The number of non-ortho nitro benzene ring substituents is 1. The highest BCUT2D eigenvalue weighted by molar-refractivity contribution is 5.94. The number of rotatable bonds is 4. The third-order valence-electron chi connectivity index (χ3n) is 5.57. The fourth-order valence-electron chi connectivity index (χ4n) is 3.94. The van der Waals surface area contributed by atoms with Crippen LogP contribution in [0.4, 0.5) is 5.69 Å². The summed E-state index contributed by atoms with van der Waals surface area (Å²) in [5, 5.41) is 24.6. The zero-order valence-corrected chi connectivity index (χ0v) is 14.9. The number of nitrogens with zero attached hydrogens (tertiary/aromatic N) is 4. The summed E-state index contributed by atoms with van der Waals surface area (Å²) in [4.78, 5) is 36.6. The summed E-state index contributed by atoms with van der Waals surface area (Å²) in [6.07, 6.45) is 3.34. The van der Waals surface area contributed by atoms with Crippen LogP contribution >= 0.6 is 0 Å². The summed E-state index contributed by atoms with van der Waals surface area (Å²) in [6.45, 7) is 1.19. The summed E-state index contributed by atoms with van der Waals surface area (Å²) in [5.74, 6) is -1.41. The maximum Gasteiger partial charge on any atom is 0.311 e. The topological polar surface area (TPSA) is 128 Å². The van der Waals surface area contributed by atoms with E-state index in [2.05, 4.69) is 5.10 Å². The molecule has 0 unspecified atom stereocenters. The Bertz CT molecular complexity index is 940. The second-order valence-corrected chi connectivity index (χ2v) is 7.12. The maximum absolute atomic E-state index is 12.9. The summed E-state index contributed by atoms with van der Waals surface area (Å²) in [7, 11) is 0. The van der Waals surface area contributed by atoms with Gasteiger partial charge in [0.1, 0.15) is 0 Å². The predicted molar refractivity (Wildman–Crippen MR) is 95.1 cm³/mol. The minimum absolute atomic E-state index is 0.0342. The number of carbonyl (C=O) groups excluding carboxylic acids is 1. The molecule has 2 saturated heterocycles. The van der Waals surface area contributed by atoms with Crippen molar-refractivity contribution < 1.29 is 24.4 Å². The molecule has 4 rings (SSSR count). The molecule has 0 aliphatic carbocycles. The van der Waals surface area contributed by atoms with Crippen molar-refractivity contribution in [1.82, 2.24) is 14.7 Å². The number of amides is 1.